The van der Waals surface area contributed by atoms with Crippen molar-refractivity contribution in [2.24, 2.45) is 11.8 Å². The Bertz CT molecular complexity index is 469. The van der Waals surface area contributed by atoms with Crippen molar-refractivity contribution in [3.8, 4) is 0 Å². The summed E-state index contributed by atoms with van der Waals surface area (Å²) in [7, 11) is 0. The maximum atomic E-state index is 6.25. The summed E-state index contributed by atoms with van der Waals surface area (Å²) in [6, 6.07) is 8.81. The van der Waals surface area contributed by atoms with Crippen molar-refractivity contribution in [3.05, 3.63) is 46.5 Å². The first kappa shape index (κ1) is 9.90. The summed E-state index contributed by atoms with van der Waals surface area (Å²) in [5.74, 6) is 1.41. The SMILES string of the molecule is CCC1=C(CC)[C@H]2[C@@H]1[C@H]1O[C@@H]2c2ccccc21. The summed E-state index contributed by atoms with van der Waals surface area (Å²) < 4.78 is 6.25. The van der Waals surface area contributed by atoms with Gasteiger partial charge >= 0.3 is 0 Å². The number of fused-ring (bicyclic) bond motifs is 8. The van der Waals surface area contributed by atoms with E-state index in [2.05, 4.69) is 38.1 Å². The molecule has 0 unspecified atom stereocenters. The molecule has 1 aromatic rings. The van der Waals surface area contributed by atoms with Gasteiger partial charge in [-0.15, -0.1) is 0 Å². The zero-order valence-electron chi connectivity index (χ0n) is 10.4. The molecule has 1 aromatic carbocycles. The molecule has 2 aliphatic heterocycles. The molecule has 3 aliphatic rings. The maximum Gasteiger partial charge on any atom is 0.0909 e. The molecule has 0 radical (unpaired) electrons. The minimum Gasteiger partial charge on any atom is -0.364 e. The van der Waals surface area contributed by atoms with Gasteiger partial charge in [-0.1, -0.05) is 49.3 Å². The first-order chi connectivity index (χ1) is 8.36. The van der Waals surface area contributed by atoms with Crippen molar-refractivity contribution in [1.82, 2.24) is 0 Å². The highest BCUT2D eigenvalue weighted by Gasteiger charge is 2.59. The predicted octanol–water partition coefficient (Wildman–Crippen LogP) is 4.18. The third-order valence-electron chi connectivity index (χ3n) is 4.92. The van der Waals surface area contributed by atoms with Crippen LogP contribution in [0.25, 0.3) is 0 Å². The van der Waals surface area contributed by atoms with Gasteiger partial charge in [-0.3, -0.25) is 0 Å². The van der Waals surface area contributed by atoms with Gasteiger partial charge in [0.1, 0.15) is 0 Å². The quantitative estimate of drug-likeness (QED) is 0.687. The van der Waals surface area contributed by atoms with E-state index in [1.54, 1.807) is 11.1 Å². The number of benzene rings is 1. The molecule has 17 heavy (non-hydrogen) atoms. The molecule has 1 saturated heterocycles. The van der Waals surface area contributed by atoms with Crippen LogP contribution in [0.1, 0.15) is 50.0 Å². The van der Waals surface area contributed by atoms with Gasteiger partial charge in [0.2, 0.25) is 0 Å². The van der Waals surface area contributed by atoms with Crippen LogP contribution in [0.5, 0.6) is 0 Å². The highest BCUT2D eigenvalue weighted by molar-refractivity contribution is 5.49. The van der Waals surface area contributed by atoms with Crippen LogP contribution in [0.2, 0.25) is 0 Å². The largest absolute Gasteiger partial charge is 0.364 e. The van der Waals surface area contributed by atoms with E-state index in [4.69, 9.17) is 4.74 Å². The third kappa shape index (κ3) is 0.999. The number of hydrogen-bond donors (Lipinski definition) is 0. The summed E-state index contributed by atoms with van der Waals surface area (Å²) in [4.78, 5) is 0. The summed E-state index contributed by atoms with van der Waals surface area (Å²) in [5.41, 5.74) is 6.30. The average molecular weight is 226 g/mol. The second kappa shape index (κ2) is 3.23. The number of rotatable bonds is 2. The van der Waals surface area contributed by atoms with Gasteiger partial charge < -0.3 is 4.74 Å². The van der Waals surface area contributed by atoms with E-state index in [1.165, 1.54) is 24.0 Å². The fourth-order valence-corrected chi connectivity index (χ4v) is 4.32. The molecule has 1 fully saturated rings. The Morgan fingerprint density at radius 2 is 1.35 bits per heavy atom. The fourth-order valence-electron chi connectivity index (χ4n) is 4.32. The Kier molecular flexibility index (Phi) is 1.88. The van der Waals surface area contributed by atoms with Gasteiger partial charge in [0.15, 0.2) is 0 Å². The van der Waals surface area contributed by atoms with E-state index in [1.807, 2.05) is 0 Å². The summed E-state index contributed by atoms with van der Waals surface area (Å²) in [6.07, 6.45) is 3.15. The van der Waals surface area contributed by atoms with Gasteiger partial charge in [-0.25, -0.2) is 0 Å². The van der Waals surface area contributed by atoms with Crippen LogP contribution in [0.15, 0.2) is 35.4 Å². The van der Waals surface area contributed by atoms with Crippen molar-refractivity contribution < 1.29 is 4.74 Å². The first-order valence-electron chi connectivity index (χ1n) is 6.82. The first-order valence-corrected chi connectivity index (χ1v) is 6.82. The summed E-state index contributed by atoms with van der Waals surface area (Å²) in [5, 5.41) is 0. The topological polar surface area (TPSA) is 9.23 Å². The zero-order chi connectivity index (χ0) is 11.6. The van der Waals surface area contributed by atoms with Crippen LogP contribution >= 0.6 is 0 Å². The van der Waals surface area contributed by atoms with Crippen molar-refractivity contribution >= 4 is 0 Å². The van der Waals surface area contributed by atoms with Crippen molar-refractivity contribution in [3.63, 3.8) is 0 Å². The van der Waals surface area contributed by atoms with Gasteiger partial charge in [0.25, 0.3) is 0 Å². The third-order valence-corrected chi connectivity index (χ3v) is 4.92. The molecule has 2 bridgehead atoms. The van der Waals surface area contributed by atoms with E-state index < -0.39 is 0 Å². The molecule has 0 spiro atoms. The number of ether oxygens (including phenoxy) is 1. The molecule has 2 heterocycles. The minimum absolute atomic E-state index is 0.367. The second-order valence-electron chi connectivity index (χ2n) is 5.42. The smallest absolute Gasteiger partial charge is 0.0909 e. The van der Waals surface area contributed by atoms with E-state index in [0.717, 1.165) is 0 Å². The Labute approximate surface area is 102 Å². The molecule has 1 aliphatic carbocycles. The monoisotopic (exact) mass is 226 g/mol. The Morgan fingerprint density at radius 1 is 0.882 bits per heavy atom. The molecule has 4 atom stereocenters. The van der Waals surface area contributed by atoms with Gasteiger partial charge in [0.05, 0.1) is 12.2 Å². The molecule has 4 rings (SSSR count). The van der Waals surface area contributed by atoms with E-state index in [0.29, 0.717) is 24.0 Å². The van der Waals surface area contributed by atoms with Crippen molar-refractivity contribution in [2.45, 2.75) is 38.9 Å². The van der Waals surface area contributed by atoms with E-state index >= 15 is 0 Å². The molecule has 1 heteroatoms. The van der Waals surface area contributed by atoms with Crippen LogP contribution in [0, 0.1) is 11.8 Å². The van der Waals surface area contributed by atoms with Crippen LogP contribution in [-0.2, 0) is 4.74 Å². The molecule has 0 N–H and O–H groups in total. The number of hydrogen-bond acceptors (Lipinski definition) is 1. The van der Waals surface area contributed by atoms with Gasteiger partial charge in [-0.2, -0.15) is 0 Å². The normalized spacial score (nSPS) is 36.8. The molecular formula is C16H18O. The highest BCUT2D eigenvalue weighted by atomic mass is 16.5. The predicted molar refractivity (Wildman–Crippen MR) is 67.6 cm³/mol. The van der Waals surface area contributed by atoms with E-state index in [-0.39, 0.29) is 0 Å². The van der Waals surface area contributed by atoms with Crippen LogP contribution in [0.3, 0.4) is 0 Å². The fraction of sp³-hybridized carbons (Fsp3) is 0.500. The standard InChI is InChI=1S/C16H18O/c1-3-9-10(4-2)14-13(9)15-11-7-5-6-8-12(11)16(14)17-15/h5-8,13-16H,3-4H2,1-2H3/t13-,14+,15+,16-. The lowest BCUT2D eigenvalue weighted by Gasteiger charge is -2.43. The van der Waals surface area contributed by atoms with Crippen LogP contribution < -0.4 is 0 Å². The Hall–Kier alpha value is -1.08. The molecule has 0 amide bonds. The van der Waals surface area contributed by atoms with Crippen molar-refractivity contribution in [2.75, 3.05) is 0 Å². The maximum absolute atomic E-state index is 6.25. The summed E-state index contributed by atoms with van der Waals surface area (Å²) in [6.45, 7) is 4.58. The Morgan fingerprint density at radius 3 is 1.76 bits per heavy atom. The lowest BCUT2D eigenvalue weighted by Crippen LogP contribution is -2.34. The second-order valence-corrected chi connectivity index (χ2v) is 5.42. The molecule has 0 saturated carbocycles. The molecular weight excluding hydrogens is 208 g/mol. The lowest BCUT2D eigenvalue weighted by atomic mass is 9.59. The minimum atomic E-state index is 0.367. The van der Waals surface area contributed by atoms with E-state index in [9.17, 15) is 0 Å². The lowest BCUT2D eigenvalue weighted by molar-refractivity contribution is 0.0612. The molecule has 1 nitrogen and oxygen atoms in total. The Balaban J connectivity index is 1.82. The molecule has 88 valence electrons. The van der Waals surface area contributed by atoms with Gasteiger partial charge in [0, 0.05) is 11.8 Å². The van der Waals surface area contributed by atoms with Gasteiger partial charge in [-0.05, 0) is 24.0 Å². The zero-order valence-corrected chi connectivity index (χ0v) is 10.4. The highest BCUT2D eigenvalue weighted by Crippen LogP contribution is 2.67. The molecule has 0 aromatic heterocycles. The summed E-state index contributed by atoms with van der Waals surface area (Å²) >= 11 is 0. The van der Waals surface area contributed by atoms with Crippen LogP contribution in [-0.4, -0.2) is 0 Å². The van der Waals surface area contributed by atoms with Crippen LogP contribution in [0.4, 0.5) is 0 Å². The van der Waals surface area contributed by atoms with Crippen molar-refractivity contribution in [1.29, 1.82) is 0 Å². The average Bonchev–Trinajstić information content (AvgIpc) is 2.84.